The van der Waals surface area contributed by atoms with Gasteiger partial charge >= 0.3 is 0 Å². The molecule has 0 bridgehead atoms. The van der Waals surface area contributed by atoms with Gasteiger partial charge < -0.3 is 10.6 Å². The molecule has 0 amide bonds. The number of thiophene rings is 1. The van der Waals surface area contributed by atoms with Gasteiger partial charge in [0.2, 0.25) is 0 Å². The van der Waals surface area contributed by atoms with Crippen molar-refractivity contribution in [3.63, 3.8) is 0 Å². The van der Waals surface area contributed by atoms with Crippen LogP contribution in [0.1, 0.15) is 22.3 Å². The molecule has 5 aromatic carbocycles. The first-order valence-electron chi connectivity index (χ1n) is 18.6. The Hall–Kier alpha value is -7.05. The summed E-state index contributed by atoms with van der Waals surface area (Å²) in [5.41, 5.74) is 2.44. The fraction of sp³-hybridized carbons (Fsp3) is 0.0488. The van der Waals surface area contributed by atoms with Crippen LogP contribution in [0.2, 0.25) is 0 Å². The lowest BCUT2D eigenvalue weighted by molar-refractivity contribution is -0.432. The number of nitrogens with one attached hydrogen (secondary N) is 2. The molecule has 2 heterocycles. The van der Waals surface area contributed by atoms with E-state index in [0.717, 1.165) is 41.2 Å². The molecule has 6 N–H and O–H groups in total. The largest absolute Gasteiger partial charge is 0.339 e. The van der Waals surface area contributed by atoms with Crippen molar-refractivity contribution in [3.8, 4) is 23.3 Å². The van der Waals surface area contributed by atoms with E-state index in [-0.39, 0.29) is 81.6 Å². The summed E-state index contributed by atoms with van der Waals surface area (Å²) in [7, 11) is -13.8. The van der Waals surface area contributed by atoms with Gasteiger partial charge in [0.25, 0.3) is 30.4 Å². The van der Waals surface area contributed by atoms with Crippen molar-refractivity contribution in [2.24, 2.45) is 20.5 Å². The summed E-state index contributed by atoms with van der Waals surface area (Å²) in [5, 5.41) is 57.8. The van der Waals surface area contributed by atoms with E-state index >= 15 is 0 Å². The minimum Gasteiger partial charge on any atom is -0.339 e. The van der Waals surface area contributed by atoms with E-state index in [1.807, 2.05) is 6.92 Å². The number of azo groups is 2. The fourth-order valence-corrected chi connectivity index (χ4v) is 9.49. The zero-order chi connectivity index (χ0) is 48.3. The zero-order valence-electron chi connectivity index (χ0n) is 34.0. The highest BCUT2D eigenvalue weighted by atomic mass is 32.2. The van der Waals surface area contributed by atoms with Gasteiger partial charge in [-0.1, -0.05) is 58.3 Å². The number of hydrogen-bond acceptors (Lipinski definition) is 20. The molecule has 0 fully saturated rings. The number of fused-ring (bicyclic) bond motifs is 1. The summed E-state index contributed by atoms with van der Waals surface area (Å²) in [4.78, 5) is 3.56. The highest BCUT2D eigenvalue weighted by Crippen LogP contribution is 2.49. The molecule has 7 rings (SSSR count). The average Bonchev–Trinajstić information content (AvgIpc) is 3.64. The summed E-state index contributed by atoms with van der Waals surface area (Å²) in [6.45, 7) is 3.40. The lowest BCUT2D eigenvalue weighted by Gasteiger charge is -2.16. The molecule has 21 nitrogen and oxygen atoms in total. The van der Waals surface area contributed by atoms with Crippen molar-refractivity contribution < 1.29 is 53.5 Å². The van der Waals surface area contributed by atoms with E-state index in [9.17, 15) is 49.4 Å². The quantitative estimate of drug-likeness (QED) is 0.0183. The number of benzene rings is 5. The minimum atomic E-state index is -4.74. The summed E-state index contributed by atoms with van der Waals surface area (Å²) in [5.74, 6) is -0.0846. The third kappa shape index (κ3) is 10.8. The molecular formula is C41H29N9O12S5. The molecule has 7 aromatic rings. The maximum Gasteiger partial charge on any atom is 0.295 e. The fourth-order valence-electron chi connectivity index (χ4n) is 6.38. The molecule has 340 valence electrons. The van der Waals surface area contributed by atoms with E-state index in [4.69, 9.17) is 5.26 Å². The van der Waals surface area contributed by atoms with Gasteiger partial charge in [0.15, 0.2) is 16.6 Å². The normalized spacial score (nSPS) is 12.1. The predicted molar refractivity (Wildman–Crippen MR) is 245 cm³/mol. The van der Waals surface area contributed by atoms with Crippen LogP contribution < -0.4 is 10.6 Å². The van der Waals surface area contributed by atoms with Crippen LogP contribution in [0.3, 0.4) is 0 Å². The van der Waals surface area contributed by atoms with E-state index in [1.54, 1.807) is 24.3 Å². The summed E-state index contributed by atoms with van der Waals surface area (Å²) in [6, 6.07) is 28.0. The smallest absolute Gasteiger partial charge is 0.295 e. The van der Waals surface area contributed by atoms with Crippen LogP contribution in [0.5, 0.6) is 0 Å². The van der Waals surface area contributed by atoms with Gasteiger partial charge in [-0.05, 0) is 91.5 Å². The Morgan fingerprint density at radius 1 is 0.672 bits per heavy atom. The highest BCUT2D eigenvalue weighted by Gasteiger charge is 2.24. The summed E-state index contributed by atoms with van der Waals surface area (Å²) in [6.07, 6.45) is 0. The van der Waals surface area contributed by atoms with Crippen LogP contribution in [0.25, 0.3) is 21.9 Å². The van der Waals surface area contributed by atoms with Gasteiger partial charge in [0.1, 0.15) is 33.3 Å². The van der Waals surface area contributed by atoms with Crippen LogP contribution in [-0.2, 0) is 39.7 Å². The van der Waals surface area contributed by atoms with Crippen LogP contribution in [-0.4, -0.2) is 49.2 Å². The van der Waals surface area contributed by atoms with Crippen molar-refractivity contribution in [1.29, 1.82) is 10.5 Å². The third-order valence-electron chi connectivity index (χ3n) is 9.51. The molecule has 0 radical (unpaired) electrons. The molecule has 0 saturated heterocycles. The maximum atomic E-state index is 12.3. The second-order valence-electron chi connectivity index (χ2n) is 13.9. The van der Waals surface area contributed by atoms with Gasteiger partial charge in [0, 0.05) is 32.8 Å². The molecule has 0 spiro atoms. The lowest BCUT2D eigenvalue weighted by atomic mass is 10.0. The van der Waals surface area contributed by atoms with Gasteiger partial charge in [-0.2, -0.15) is 35.8 Å². The first-order valence-corrected chi connectivity index (χ1v) is 24.5. The molecule has 0 unspecified atom stereocenters. The van der Waals surface area contributed by atoms with Crippen LogP contribution in [0.15, 0.2) is 143 Å². The van der Waals surface area contributed by atoms with Gasteiger partial charge in [-0.15, -0.1) is 24.8 Å². The third-order valence-corrected chi connectivity index (χ3v) is 13.8. The van der Waals surface area contributed by atoms with E-state index in [2.05, 4.69) is 57.6 Å². The highest BCUT2D eigenvalue weighted by molar-refractivity contribution is 7.94. The van der Waals surface area contributed by atoms with Gasteiger partial charge in [-0.25, -0.2) is 10.2 Å². The number of nitrogens with zero attached hydrogens (tertiary/aromatic N) is 7. The second-order valence-corrected chi connectivity index (χ2v) is 19.8. The Bertz CT molecular complexity index is 3580. The van der Waals surface area contributed by atoms with E-state index in [1.165, 1.54) is 61.5 Å². The van der Waals surface area contributed by atoms with Gasteiger partial charge in [-0.3, -0.25) is 13.7 Å². The van der Waals surface area contributed by atoms with E-state index in [0.29, 0.717) is 23.2 Å². The average molecular weight is 1000 g/mol. The van der Waals surface area contributed by atoms with Crippen molar-refractivity contribution in [2.45, 2.75) is 33.4 Å². The molecule has 0 saturated carbocycles. The molecular weight excluding hydrogens is 971 g/mol. The predicted octanol–water partition coefficient (Wildman–Crippen LogP) is 10.8. The first kappa shape index (κ1) is 47.9. The van der Waals surface area contributed by atoms with Crippen molar-refractivity contribution >= 4 is 109 Å². The lowest BCUT2D eigenvalue weighted by Crippen LogP contribution is -2.05. The number of aromatic nitrogens is 1. The number of hydrogen-bond donors (Lipinski definition) is 6. The number of pyridine rings is 1. The van der Waals surface area contributed by atoms with Crippen LogP contribution >= 0.6 is 23.4 Å². The Morgan fingerprint density at radius 3 is 1.81 bits per heavy atom. The number of aryl methyl sites for hydroxylation is 1. The van der Waals surface area contributed by atoms with Gasteiger partial charge in [0.05, 0.1) is 33.1 Å². The number of nitriles is 2. The molecule has 0 aliphatic rings. The summed E-state index contributed by atoms with van der Waals surface area (Å²) >= 11 is 1.41. The van der Waals surface area contributed by atoms with Crippen LogP contribution in [0, 0.1) is 36.5 Å². The van der Waals surface area contributed by atoms with Crippen molar-refractivity contribution in [3.05, 3.63) is 125 Å². The number of anilines is 4. The first-order chi connectivity index (χ1) is 31.8. The zero-order valence-corrected chi connectivity index (χ0v) is 38.1. The van der Waals surface area contributed by atoms with Crippen molar-refractivity contribution in [1.82, 2.24) is 4.98 Å². The Balaban J connectivity index is 1.37. The Kier molecular flexibility index (Phi) is 13.9. The standard InChI is InChI=1S/C41H29N9O12S5/c1-22-6-8-24(9-7-22)36-33(21-43)40(63-41(36)50-47-27-18-31-30(34(19-27)64-62-61-51)4-3-5-35(31)67(58,59)60)49-48-37-23(2)32(20-42)38(44-25-10-14-28(15-11-25)65(52,53)54)46-39(37)45-26-12-16-29(17-13-26)66(55,56)57/h3-19,51H,1-2H3,(H2,44,45,46)(H,52,53,54)(H,55,56,57)(H,58,59,60). The molecule has 0 aliphatic carbocycles. The van der Waals surface area contributed by atoms with Crippen LogP contribution in [0.4, 0.5) is 44.4 Å². The second kappa shape index (κ2) is 19.4. The van der Waals surface area contributed by atoms with E-state index < -0.39 is 40.1 Å². The monoisotopic (exact) mass is 999 g/mol. The topological polar surface area (TPSA) is 336 Å². The maximum absolute atomic E-state index is 12.3. The minimum absolute atomic E-state index is 0.0107. The number of rotatable bonds is 15. The molecule has 2 aromatic heterocycles. The SMILES string of the molecule is Cc1ccc(-c2c(N=Nc3cc(SOOO)c4cccc(S(=O)(=O)O)c4c3)sc(N=Nc3c(Nc4ccc(S(=O)(=O)O)cc4)nc(Nc4ccc(S(=O)(=O)O)cc4)c(C#N)c3C)c2C#N)cc1. The molecule has 0 atom stereocenters. The molecule has 26 heteroatoms. The molecule has 67 heavy (non-hydrogen) atoms. The Labute approximate surface area is 389 Å². The molecule has 0 aliphatic heterocycles. The summed E-state index contributed by atoms with van der Waals surface area (Å²) < 4.78 is 105. The van der Waals surface area contributed by atoms with Crippen molar-refractivity contribution in [2.75, 3.05) is 10.6 Å². The Morgan fingerprint density at radius 2 is 1.25 bits per heavy atom.